The molecule has 96 valence electrons. The molecule has 1 aromatic rings. The average molecular weight is 257 g/mol. The van der Waals surface area contributed by atoms with Crippen LogP contribution in [0.1, 0.15) is 12.5 Å². The summed E-state index contributed by atoms with van der Waals surface area (Å²) in [5.41, 5.74) is 2.52. The van der Waals surface area contributed by atoms with Gasteiger partial charge < -0.3 is 10.4 Å². The second-order valence-corrected chi connectivity index (χ2v) is 5.02. The number of rotatable bonds is 6. The summed E-state index contributed by atoms with van der Waals surface area (Å²) < 4.78 is 0. The van der Waals surface area contributed by atoms with E-state index in [1.54, 1.807) is 24.9 Å². The van der Waals surface area contributed by atoms with Gasteiger partial charge in [-0.25, -0.2) is 10.8 Å². The lowest BCUT2D eigenvalue weighted by Crippen LogP contribution is -2.36. The van der Waals surface area contributed by atoms with Crippen LogP contribution in [0.4, 0.5) is 11.8 Å². The fourth-order valence-electron chi connectivity index (χ4n) is 1.33. The van der Waals surface area contributed by atoms with Gasteiger partial charge in [0.25, 0.3) is 0 Å². The maximum absolute atomic E-state index is 10.0. The topological polar surface area (TPSA) is 96.1 Å². The third-order valence-corrected chi connectivity index (χ3v) is 3.10. The van der Waals surface area contributed by atoms with Gasteiger partial charge in [0, 0.05) is 24.1 Å². The first-order valence-corrected chi connectivity index (χ1v) is 6.63. The number of thioether (sulfide) groups is 1. The molecule has 0 aromatic carbocycles. The number of hydrogen-bond acceptors (Lipinski definition) is 7. The maximum atomic E-state index is 10.0. The van der Waals surface area contributed by atoms with Gasteiger partial charge in [0.15, 0.2) is 0 Å². The lowest BCUT2D eigenvalue weighted by Gasteiger charge is -2.23. The zero-order valence-electron chi connectivity index (χ0n) is 10.3. The van der Waals surface area contributed by atoms with E-state index < -0.39 is 5.60 Å². The minimum atomic E-state index is -0.771. The SMILES string of the molecule is CSCC(C)(O)CNc1nc(NN)ncc1C. The Labute approximate surface area is 105 Å². The van der Waals surface area contributed by atoms with Crippen molar-refractivity contribution in [1.82, 2.24) is 9.97 Å². The molecular formula is C10H19N5OS. The van der Waals surface area contributed by atoms with Crippen molar-refractivity contribution in [3.05, 3.63) is 11.8 Å². The predicted molar refractivity (Wildman–Crippen MR) is 72.1 cm³/mol. The number of nitrogens with one attached hydrogen (secondary N) is 2. The number of hydrogen-bond donors (Lipinski definition) is 4. The average Bonchev–Trinajstić information content (AvgIpc) is 2.28. The second-order valence-electron chi connectivity index (χ2n) is 4.15. The van der Waals surface area contributed by atoms with Crippen molar-refractivity contribution in [1.29, 1.82) is 0 Å². The van der Waals surface area contributed by atoms with Crippen molar-refractivity contribution in [2.45, 2.75) is 19.4 Å². The summed E-state index contributed by atoms with van der Waals surface area (Å²) in [5, 5.41) is 13.1. The molecule has 0 fully saturated rings. The highest BCUT2D eigenvalue weighted by Gasteiger charge is 2.19. The van der Waals surface area contributed by atoms with Crippen LogP contribution < -0.4 is 16.6 Å². The number of aliphatic hydroxyl groups is 1. The molecule has 1 rings (SSSR count). The van der Waals surface area contributed by atoms with E-state index >= 15 is 0 Å². The fourth-order valence-corrected chi connectivity index (χ4v) is 2.05. The molecule has 0 radical (unpaired) electrons. The van der Waals surface area contributed by atoms with Gasteiger partial charge in [0.1, 0.15) is 5.82 Å². The summed E-state index contributed by atoms with van der Waals surface area (Å²) in [5.74, 6) is 6.93. The smallest absolute Gasteiger partial charge is 0.239 e. The van der Waals surface area contributed by atoms with Crippen molar-refractivity contribution in [3.8, 4) is 0 Å². The number of aromatic nitrogens is 2. The quantitative estimate of drug-likeness (QED) is 0.437. The largest absolute Gasteiger partial charge is 0.387 e. The third kappa shape index (κ3) is 4.37. The van der Waals surface area contributed by atoms with E-state index in [1.165, 1.54) is 0 Å². The summed E-state index contributed by atoms with van der Waals surface area (Å²) in [6, 6.07) is 0. The Morgan fingerprint density at radius 2 is 2.29 bits per heavy atom. The minimum Gasteiger partial charge on any atom is -0.387 e. The first-order chi connectivity index (χ1) is 7.98. The van der Waals surface area contributed by atoms with E-state index in [9.17, 15) is 5.11 Å². The molecule has 0 bridgehead atoms. The first kappa shape index (κ1) is 14.0. The molecule has 5 N–H and O–H groups in total. The van der Waals surface area contributed by atoms with Crippen LogP contribution in [-0.4, -0.2) is 39.2 Å². The Bertz CT molecular complexity index is 372. The summed E-state index contributed by atoms with van der Waals surface area (Å²) in [6.07, 6.45) is 3.63. The zero-order valence-corrected chi connectivity index (χ0v) is 11.1. The van der Waals surface area contributed by atoms with Crippen LogP contribution in [0.15, 0.2) is 6.20 Å². The Balaban J connectivity index is 2.68. The number of nitrogen functional groups attached to an aromatic ring is 1. The number of nitrogens with two attached hydrogens (primary N) is 1. The number of anilines is 2. The molecule has 1 atom stereocenters. The summed E-state index contributed by atoms with van der Waals surface area (Å²) >= 11 is 1.60. The number of aryl methyl sites for hydroxylation is 1. The van der Waals surface area contributed by atoms with Crippen LogP contribution in [0, 0.1) is 6.92 Å². The van der Waals surface area contributed by atoms with Crippen LogP contribution in [0.2, 0.25) is 0 Å². The standard InChI is InChI=1S/C10H19N5OS/c1-7-4-12-9(15-11)14-8(7)13-5-10(2,16)6-17-3/h4,16H,5-6,11H2,1-3H3,(H2,12,13,14,15). The molecule has 1 unspecified atom stereocenters. The van der Waals surface area contributed by atoms with Crippen molar-refractivity contribution < 1.29 is 5.11 Å². The molecular weight excluding hydrogens is 238 g/mol. The predicted octanol–water partition coefficient (Wildman–Crippen LogP) is 0.597. The molecule has 0 aliphatic carbocycles. The lowest BCUT2D eigenvalue weighted by molar-refractivity contribution is 0.0996. The molecule has 0 amide bonds. The monoisotopic (exact) mass is 257 g/mol. The molecule has 17 heavy (non-hydrogen) atoms. The molecule has 0 aliphatic rings. The van der Waals surface area contributed by atoms with Gasteiger partial charge in [-0.1, -0.05) is 0 Å². The lowest BCUT2D eigenvalue weighted by atomic mass is 10.1. The normalized spacial score (nSPS) is 14.2. The summed E-state index contributed by atoms with van der Waals surface area (Å²) in [6.45, 7) is 4.11. The zero-order chi connectivity index (χ0) is 12.9. The number of nitrogens with zero attached hydrogens (tertiary/aromatic N) is 2. The Hall–Kier alpha value is -1.05. The van der Waals surface area contributed by atoms with E-state index in [4.69, 9.17) is 5.84 Å². The van der Waals surface area contributed by atoms with E-state index in [0.717, 1.165) is 5.56 Å². The molecule has 0 saturated carbocycles. The van der Waals surface area contributed by atoms with Gasteiger partial charge in [0.2, 0.25) is 5.95 Å². The van der Waals surface area contributed by atoms with Crippen molar-refractivity contribution in [2.75, 3.05) is 29.3 Å². The Morgan fingerprint density at radius 1 is 1.59 bits per heavy atom. The first-order valence-electron chi connectivity index (χ1n) is 5.24. The Morgan fingerprint density at radius 3 is 2.88 bits per heavy atom. The van der Waals surface area contributed by atoms with Crippen molar-refractivity contribution in [2.24, 2.45) is 5.84 Å². The van der Waals surface area contributed by atoms with Gasteiger partial charge in [-0.05, 0) is 20.1 Å². The Kier molecular flexibility index (Phi) is 4.98. The van der Waals surface area contributed by atoms with Gasteiger partial charge in [-0.2, -0.15) is 16.7 Å². The molecule has 6 nitrogen and oxygen atoms in total. The van der Waals surface area contributed by atoms with E-state index in [0.29, 0.717) is 24.1 Å². The number of hydrazine groups is 1. The van der Waals surface area contributed by atoms with Crippen LogP contribution in [0.25, 0.3) is 0 Å². The van der Waals surface area contributed by atoms with Gasteiger partial charge in [0.05, 0.1) is 5.60 Å². The summed E-state index contributed by atoms with van der Waals surface area (Å²) in [7, 11) is 0. The maximum Gasteiger partial charge on any atom is 0.239 e. The van der Waals surface area contributed by atoms with Gasteiger partial charge >= 0.3 is 0 Å². The van der Waals surface area contributed by atoms with Crippen LogP contribution >= 0.6 is 11.8 Å². The highest BCUT2D eigenvalue weighted by Crippen LogP contribution is 2.15. The fraction of sp³-hybridized carbons (Fsp3) is 0.600. The third-order valence-electron chi connectivity index (χ3n) is 2.19. The highest BCUT2D eigenvalue weighted by atomic mass is 32.2. The van der Waals surface area contributed by atoms with E-state index in [2.05, 4.69) is 20.7 Å². The molecule has 1 aromatic heterocycles. The van der Waals surface area contributed by atoms with Crippen LogP contribution in [0.3, 0.4) is 0 Å². The molecule has 0 saturated heterocycles. The van der Waals surface area contributed by atoms with Crippen LogP contribution in [-0.2, 0) is 0 Å². The van der Waals surface area contributed by atoms with E-state index in [-0.39, 0.29) is 0 Å². The highest BCUT2D eigenvalue weighted by molar-refractivity contribution is 7.98. The molecule has 0 aliphatic heterocycles. The van der Waals surface area contributed by atoms with Gasteiger partial charge in [-0.15, -0.1) is 0 Å². The molecule has 1 heterocycles. The van der Waals surface area contributed by atoms with Gasteiger partial charge in [-0.3, -0.25) is 5.43 Å². The summed E-state index contributed by atoms with van der Waals surface area (Å²) in [4.78, 5) is 8.16. The van der Waals surface area contributed by atoms with E-state index in [1.807, 2.05) is 13.2 Å². The van der Waals surface area contributed by atoms with Crippen LogP contribution in [0.5, 0.6) is 0 Å². The van der Waals surface area contributed by atoms with Crippen molar-refractivity contribution >= 4 is 23.5 Å². The minimum absolute atomic E-state index is 0.350. The second kappa shape index (κ2) is 6.04. The van der Waals surface area contributed by atoms with Crippen molar-refractivity contribution in [3.63, 3.8) is 0 Å². The molecule has 7 heteroatoms. The molecule has 0 spiro atoms.